The SMILES string of the molecule is C/C(CC(=O)O)=C(\C)C(=O)O. The molecular formula is C7H10O4. The van der Waals surface area contributed by atoms with Crippen LogP contribution in [0.15, 0.2) is 11.1 Å². The highest BCUT2D eigenvalue weighted by molar-refractivity contribution is 5.87. The van der Waals surface area contributed by atoms with Crippen LogP contribution in [0.3, 0.4) is 0 Å². The topological polar surface area (TPSA) is 74.6 Å². The molecule has 0 aliphatic carbocycles. The number of aliphatic carboxylic acids is 2. The molecule has 0 rings (SSSR count). The summed E-state index contributed by atoms with van der Waals surface area (Å²) in [5.41, 5.74) is 0.484. The maximum atomic E-state index is 10.3. The van der Waals surface area contributed by atoms with Crippen molar-refractivity contribution in [2.24, 2.45) is 0 Å². The van der Waals surface area contributed by atoms with Crippen LogP contribution in [0.2, 0.25) is 0 Å². The van der Waals surface area contributed by atoms with E-state index in [0.717, 1.165) is 0 Å². The summed E-state index contributed by atoms with van der Waals surface area (Å²) in [6.45, 7) is 2.89. The van der Waals surface area contributed by atoms with Gasteiger partial charge in [-0.1, -0.05) is 5.57 Å². The van der Waals surface area contributed by atoms with Crippen molar-refractivity contribution >= 4 is 11.9 Å². The van der Waals surface area contributed by atoms with Crippen LogP contribution >= 0.6 is 0 Å². The number of carbonyl (C=O) groups is 2. The molecule has 0 radical (unpaired) electrons. The summed E-state index contributed by atoms with van der Waals surface area (Å²) in [6.07, 6.45) is -0.210. The maximum Gasteiger partial charge on any atom is 0.331 e. The van der Waals surface area contributed by atoms with E-state index in [1.165, 1.54) is 13.8 Å². The van der Waals surface area contributed by atoms with E-state index in [0.29, 0.717) is 5.57 Å². The Morgan fingerprint density at radius 1 is 1.18 bits per heavy atom. The minimum atomic E-state index is -1.07. The Kier molecular flexibility index (Phi) is 3.30. The van der Waals surface area contributed by atoms with Crippen LogP contribution in [0, 0.1) is 0 Å². The zero-order valence-corrected chi connectivity index (χ0v) is 6.42. The lowest BCUT2D eigenvalue weighted by Gasteiger charge is -1.98. The minimum absolute atomic E-state index is 0.104. The Labute approximate surface area is 64.2 Å². The van der Waals surface area contributed by atoms with Crippen molar-refractivity contribution < 1.29 is 19.8 Å². The fourth-order valence-electron chi connectivity index (χ4n) is 0.542. The van der Waals surface area contributed by atoms with E-state index in [4.69, 9.17) is 10.2 Å². The number of rotatable bonds is 3. The summed E-state index contributed by atoms with van der Waals surface area (Å²) >= 11 is 0. The highest BCUT2D eigenvalue weighted by Gasteiger charge is 2.07. The van der Waals surface area contributed by atoms with Crippen LogP contribution in [0.1, 0.15) is 20.3 Å². The molecule has 11 heavy (non-hydrogen) atoms. The van der Waals surface area contributed by atoms with E-state index in [9.17, 15) is 9.59 Å². The minimum Gasteiger partial charge on any atom is -0.481 e. The molecule has 0 aliphatic heterocycles. The third kappa shape index (κ3) is 3.40. The largest absolute Gasteiger partial charge is 0.481 e. The van der Waals surface area contributed by atoms with Gasteiger partial charge in [-0.3, -0.25) is 4.79 Å². The van der Waals surface area contributed by atoms with Crippen molar-refractivity contribution in [2.75, 3.05) is 0 Å². The number of carboxylic acid groups (broad SMARTS) is 2. The van der Waals surface area contributed by atoms with E-state index >= 15 is 0 Å². The molecule has 0 atom stereocenters. The lowest BCUT2D eigenvalue weighted by atomic mass is 10.1. The van der Waals surface area contributed by atoms with Crippen LogP contribution in [-0.4, -0.2) is 22.2 Å². The lowest BCUT2D eigenvalue weighted by Crippen LogP contribution is -2.03. The van der Waals surface area contributed by atoms with Gasteiger partial charge in [-0.2, -0.15) is 0 Å². The average Bonchev–Trinajstić information content (AvgIpc) is 1.84. The van der Waals surface area contributed by atoms with Gasteiger partial charge in [0.15, 0.2) is 0 Å². The molecule has 0 unspecified atom stereocenters. The van der Waals surface area contributed by atoms with Crippen LogP contribution in [0.25, 0.3) is 0 Å². The summed E-state index contributed by atoms with van der Waals surface area (Å²) in [5.74, 6) is -2.08. The average molecular weight is 158 g/mol. The molecule has 0 spiro atoms. The molecule has 0 aromatic carbocycles. The smallest absolute Gasteiger partial charge is 0.331 e. The zero-order valence-electron chi connectivity index (χ0n) is 6.42. The quantitative estimate of drug-likeness (QED) is 0.598. The zero-order chi connectivity index (χ0) is 9.02. The molecule has 0 bridgehead atoms. The monoisotopic (exact) mass is 158 g/mol. The Hall–Kier alpha value is -1.32. The molecule has 0 saturated carbocycles. The van der Waals surface area contributed by atoms with Gasteiger partial charge < -0.3 is 10.2 Å². The van der Waals surface area contributed by atoms with E-state index in [2.05, 4.69) is 0 Å². The molecular weight excluding hydrogens is 148 g/mol. The van der Waals surface area contributed by atoms with Crippen molar-refractivity contribution in [3.05, 3.63) is 11.1 Å². The van der Waals surface area contributed by atoms with Crippen LogP contribution in [-0.2, 0) is 9.59 Å². The van der Waals surface area contributed by atoms with Crippen LogP contribution < -0.4 is 0 Å². The van der Waals surface area contributed by atoms with Gasteiger partial charge in [0.1, 0.15) is 0 Å². The molecule has 0 saturated heterocycles. The van der Waals surface area contributed by atoms with Crippen LogP contribution in [0.4, 0.5) is 0 Å². The van der Waals surface area contributed by atoms with Gasteiger partial charge in [0, 0.05) is 5.57 Å². The van der Waals surface area contributed by atoms with Gasteiger partial charge in [-0.15, -0.1) is 0 Å². The van der Waals surface area contributed by atoms with Gasteiger partial charge in [0.05, 0.1) is 6.42 Å². The molecule has 4 heteroatoms. The second kappa shape index (κ2) is 3.75. The fourth-order valence-corrected chi connectivity index (χ4v) is 0.542. The van der Waals surface area contributed by atoms with E-state index in [1.54, 1.807) is 0 Å². The van der Waals surface area contributed by atoms with Gasteiger partial charge in [0.2, 0.25) is 0 Å². The fraction of sp³-hybridized carbons (Fsp3) is 0.429. The summed E-state index contributed by atoms with van der Waals surface area (Å²) in [6, 6.07) is 0. The highest BCUT2D eigenvalue weighted by atomic mass is 16.4. The molecule has 0 heterocycles. The Bertz CT molecular complexity index is 214. The summed E-state index contributed by atoms with van der Waals surface area (Å²) in [4.78, 5) is 20.4. The second-order valence-electron chi connectivity index (χ2n) is 2.28. The van der Waals surface area contributed by atoms with Crippen molar-refractivity contribution in [1.82, 2.24) is 0 Å². The third-order valence-electron chi connectivity index (χ3n) is 1.38. The predicted molar refractivity (Wildman–Crippen MR) is 38.3 cm³/mol. The first-order chi connectivity index (χ1) is 4.95. The lowest BCUT2D eigenvalue weighted by molar-refractivity contribution is -0.136. The van der Waals surface area contributed by atoms with Gasteiger partial charge in [-0.05, 0) is 13.8 Å². The first kappa shape index (κ1) is 9.68. The molecule has 0 aliphatic rings. The summed E-state index contributed by atoms with van der Waals surface area (Å²) in [5, 5.41) is 16.7. The van der Waals surface area contributed by atoms with Gasteiger partial charge in [-0.25, -0.2) is 4.79 Å². The van der Waals surface area contributed by atoms with Gasteiger partial charge >= 0.3 is 11.9 Å². The van der Waals surface area contributed by atoms with Crippen LogP contribution in [0.5, 0.6) is 0 Å². The number of carboxylic acids is 2. The molecule has 0 aromatic rings. The first-order valence-corrected chi connectivity index (χ1v) is 3.06. The van der Waals surface area contributed by atoms with Gasteiger partial charge in [0.25, 0.3) is 0 Å². The predicted octanol–water partition coefficient (Wildman–Crippen LogP) is 0.882. The Morgan fingerprint density at radius 2 is 1.64 bits per heavy atom. The molecule has 0 fully saturated rings. The number of hydrogen-bond acceptors (Lipinski definition) is 2. The van der Waals surface area contributed by atoms with E-state index < -0.39 is 11.9 Å². The van der Waals surface area contributed by atoms with Crippen molar-refractivity contribution in [2.45, 2.75) is 20.3 Å². The third-order valence-corrected chi connectivity index (χ3v) is 1.38. The molecule has 0 aromatic heterocycles. The molecule has 62 valence electrons. The Morgan fingerprint density at radius 3 is 1.91 bits per heavy atom. The number of hydrogen-bond donors (Lipinski definition) is 2. The Balaban J connectivity index is 4.40. The van der Waals surface area contributed by atoms with E-state index in [1.807, 2.05) is 0 Å². The second-order valence-corrected chi connectivity index (χ2v) is 2.28. The first-order valence-electron chi connectivity index (χ1n) is 3.06. The van der Waals surface area contributed by atoms with E-state index in [-0.39, 0.29) is 12.0 Å². The van der Waals surface area contributed by atoms with Crippen molar-refractivity contribution in [1.29, 1.82) is 0 Å². The van der Waals surface area contributed by atoms with Crippen molar-refractivity contribution in [3.8, 4) is 0 Å². The summed E-state index contributed by atoms with van der Waals surface area (Å²) in [7, 11) is 0. The molecule has 0 amide bonds. The van der Waals surface area contributed by atoms with Crippen molar-refractivity contribution in [3.63, 3.8) is 0 Å². The normalized spacial score (nSPS) is 12.2. The standard InChI is InChI=1S/C7H10O4/c1-4(3-6(8)9)5(2)7(10)11/h3H2,1-2H3,(H,8,9)(H,10,11)/b5-4-. The summed E-state index contributed by atoms with van der Waals surface area (Å²) < 4.78 is 0. The highest BCUT2D eigenvalue weighted by Crippen LogP contribution is 2.07. The molecule has 4 nitrogen and oxygen atoms in total. The molecule has 2 N–H and O–H groups in total. The maximum absolute atomic E-state index is 10.3.